The Labute approximate surface area is 106 Å². The van der Waals surface area contributed by atoms with Gasteiger partial charge in [-0.25, -0.2) is 0 Å². The molecule has 2 aromatic rings. The van der Waals surface area contributed by atoms with Crippen LogP contribution in [-0.4, -0.2) is 16.2 Å². The molecule has 0 aromatic carbocycles. The molecule has 0 amide bonds. The van der Waals surface area contributed by atoms with Gasteiger partial charge in [-0.2, -0.15) is 0 Å². The van der Waals surface area contributed by atoms with E-state index >= 15 is 0 Å². The fourth-order valence-corrected chi connectivity index (χ4v) is 2.62. The highest BCUT2D eigenvalue weighted by molar-refractivity contribution is 9.10. The van der Waals surface area contributed by atoms with Gasteiger partial charge in [0.25, 0.3) is 5.89 Å². The molecule has 2 heterocycles. The van der Waals surface area contributed by atoms with Gasteiger partial charge in [-0.3, -0.25) is 0 Å². The van der Waals surface area contributed by atoms with Gasteiger partial charge in [-0.1, -0.05) is 13.8 Å². The van der Waals surface area contributed by atoms with E-state index in [1.54, 1.807) is 11.3 Å². The van der Waals surface area contributed by atoms with E-state index in [9.17, 15) is 0 Å². The summed E-state index contributed by atoms with van der Waals surface area (Å²) >= 11 is 5.02. The lowest BCUT2D eigenvalue weighted by molar-refractivity contribution is 0.459. The van der Waals surface area contributed by atoms with Gasteiger partial charge in [0.15, 0.2) is 0 Å². The van der Waals surface area contributed by atoms with E-state index < -0.39 is 0 Å². The topological polar surface area (TPSA) is 51.0 Å². The Hall–Kier alpha value is -0.720. The van der Waals surface area contributed by atoms with Crippen LogP contribution in [0.2, 0.25) is 0 Å². The van der Waals surface area contributed by atoms with Crippen LogP contribution in [0.5, 0.6) is 0 Å². The van der Waals surface area contributed by atoms with E-state index in [0.29, 0.717) is 24.4 Å². The van der Waals surface area contributed by atoms with Crippen LogP contribution in [0.3, 0.4) is 0 Å². The third kappa shape index (κ3) is 2.69. The van der Waals surface area contributed by atoms with Gasteiger partial charge >= 0.3 is 0 Å². The smallest absolute Gasteiger partial charge is 0.258 e. The van der Waals surface area contributed by atoms with E-state index in [-0.39, 0.29) is 0 Å². The molecule has 1 N–H and O–H groups in total. The van der Waals surface area contributed by atoms with Crippen molar-refractivity contribution in [1.29, 1.82) is 0 Å². The summed E-state index contributed by atoms with van der Waals surface area (Å²) in [7, 11) is 0. The lowest BCUT2D eigenvalue weighted by Gasteiger charge is -2.03. The maximum Gasteiger partial charge on any atom is 0.258 e. The van der Waals surface area contributed by atoms with Crippen LogP contribution in [0.4, 0.5) is 0 Å². The van der Waals surface area contributed by atoms with Crippen molar-refractivity contribution in [3.05, 3.63) is 21.8 Å². The minimum absolute atomic E-state index is 0.406. The average molecular weight is 302 g/mol. The van der Waals surface area contributed by atoms with E-state index in [1.807, 2.05) is 11.4 Å². The minimum atomic E-state index is 0.406. The molecule has 16 heavy (non-hydrogen) atoms. The Morgan fingerprint density at radius 2 is 2.31 bits per heavy atom. The first-order valence-electron chi connectivity index (χ1n) is 4.96. The molecule has 0 radical (unpaired) electrons. The first-order chi connectivity index (χ1) is 7.66. The third-order valence-electron chi connectivity index (χ3n) is 1.94. The lowest BCUT2D eigenvalue weighted by atomic mass is 10.4. The Bertz CT molecular complexity index is 466. The number of hydrogen-bond donors (Lipinski definition) is 1. The Balaban J connectivity index is 2.11. The molecule has 0 saturated carbocycles. The number of hydrogen-bond acceptors (Lipinski definition) is 5. The van der Waals surface area contributed by atoms with E-state index in [4.69, 9.17) is 4.42 Å². The molecule has 0 bridgehead atoms. The number of nitrogens with zero attached hydrogens (tertiary/aromatic N) is 2. The van der Waals surface area contributed by atoms with Crippen LogP contribution >= 0.6 is 27.3 Å². The zero-order valence-electron chi connectivity index (χ0n) is 9.03. The van der Waals surface area contributed by atoms with Gasteiger partial charge < -0.3 is 9.73 Å². The van der Waals surface area contributed by atoms with E-state index in [1.165, 1.54) is 0 Å². The summed E-state index contributed by atoms with van der Waals surface area (Å²) in [5.41, 5.74) is 0. The summed E-state index contributed by atoms with van der Waals surface area (Å²) in [6.07, 6.45) is 0. The molecule has 0 atom stereocenters. The van der Waals surface area contributed by atoms with Crippen LogP contribution in [0.15, 0.2) is 20.3 Å². The van der Waals surface area contributed by atoms with Crippen molar-refractivity contribution in [2.75, 3.05) is 0 Å². The monoisotopic (exact) mass is 301 g/mol. The van der Waals surface area contributed by atoms with Crippen LogP contribution in [0.25, 0.3) is 10.8 Å². The predicted octanol–water partition coefficient (Wildman–Crippen LogP) is 3.06. The Morgan fingerprint density at radius 1 is 1.50 bits per heavy atom. The van der Waals surface area contributed by atoms with Crippen LogP contribution in [0, 0.1) is 0 Å². The van der Waals surface area contributed by atoms with Crippen molar-refractivity contribution in [3.8, 4) is 10.8 Å². The largest absolute Gasteiger partial charge is 0.418 e. The molecule has 2 rings (SSSR count). The molecular weight excluding hydrogens is 290 g/mol. The highest BCUT2D eigenvalue weighted by Gasteiger charge is 2.12. The first kappa shape index (κ1) is 11.8. The average Bonchev–Trinajstić information content (AvgIpc) is 2.83. The zero-order chi connectivity index (χ0) is 11.5. The molecule has 0 unspecified atom stereocenters. The lowest BCUT2D eigenvalue weighted by Crippen LogP contribution is -2.21. The highest BCUT2D eigenvalue weighted by atomic mass is 79.9. The number of nitrogens with one attached hydrogen (secondary N) is 1. The standard InChI is InChI=1S/C10H12BrN3OS/c1-6(2)12-5-8-13-14-10(15-8)9-7(11)3-4-16-9/h3-4,6,12H,5H2,1-2H3. The van der Waals surface area contributed by atoms with Crippen molar-refractivity contribution in [2.45, 2.75) is 26.4 Å². The number of thiophene rings is 1. The molecule has 86 valence electrons. The zero-order valence-corrected chi connectivity index (χ0v) is 11.4. The van der Waals surface area contributed by atoms with Crippen molar-refractivity contribution >= 4 is 27.3 Å². The van der Waals surface area contributed by atoms with Gasteiger partial charge in [0.2, 0.25) is 5.89 Å². The van der Waals surface area contributed by atoms with Crippen molar-refractivity contribution in [1.82, 2.24) is 15.5 Å². The summed E-state index contributed by atoms with van der Waals surface area (Å²) in [4.78, 5) is 0.975. The molecule has 4 nitrogen and oxygen atoms in total. The number of aromatic nitrogens is 2. The normalized spacial score (nSPS) is 11.2. The van der Waals surface area contributed by atoms with Crippen molar-refractivity contribution < 1.29 is 4.42 Å². The molecule has 0 saturated heterocycles. The van der Waals surface area contributed by atoms with Crippen LogP contribution < -0.4 is 5.32 Å². The minimum Gasteiger partial charge on any atom is -0.418 e. The summed E-state index contributed by atoms with van der Waals surface area (Å²) in [6.45, 7) is 4.76. The predicted molar refractivity (Wildman–Crippen MR) is 67.3 cm³/mol. The van der Waals surface area contributed by atoms with Gasteiger partial charge in [-0.05, 0) is 27.4 Å². The summed E-state index contributed by atoms with van der Waals surface area (Å²) in [5.74, 6) is 1.19. The fraction of sp³-hybridized carbons (Fsp3) is 0.400. The number of rotatable bonds is 4. The summed E-state index contributed by atoms with van der Waals surface area (Å²) in [6, 6.07) is 2.37. The van der Waals surface area contributed by atoms with E-state index in [2.05, 4.69) is 45.3 Å². The fourth-order valence-electron chi connectivity index (χ4n) is 1.15. The summed E-state index contributed by atoms with van der Waals surface area (Å²) < 4.78 is 6.55. The first-order valence-corrected chi connectivity index (χ1v) is 6.63. The molecule has 2 aromatic heterocycles. The second-order valence-corrected chi connectivity index (χ2v) is 5.40. The van der Waals surface area contributed by atoms with Crippen LogP contribution in [0.1, 0.15) is 19.7 Å². The van der Waals surface area contributed by atoms with E-state index in [0.717, 1.165) is 9.35 Å². The second-order valence-electron chi connectivity index (χ2n) is 3.63. The molecule has 0 aliphatic carbocycles. The van der Waals surface area contributed by atoms with Gasteiger partial charge in [0.05, 0.1) is 6.54 Å². The quantitative estimate of drug-likeness (QED) is 0.943. The van der Waals surface area contributed by atoms with Crippen molar-refractivity contribution in [2.24, 2.45) is 0 Å². The second kappa shape index (κ2) is 5.07. The highest BCUT2D eigenvalue weighted by Crippen LogP contribution is 2.32. The van der Waals surface area contributed by atoms with Crippen molar-refractivity contribution in [3.63, 3.8) is 0 Å². The molecule has 0 aliphatic rings. The maximum absolute atomic E-state index is 5.55. The molecule has 0 spiro atoms. The SMILES string of the molecule is CC(C)NCc1nnc(-c2sccc2Br)o1. The molecular formula is C10H12BrN3OS. The molecule has 0 fully saturated rings. The molecule has 6 heteroatoms. The Morgan fingerprint density at radius 3 is 2.94 bits per heavy atom. The van der Waals surface area contributed by atoms with Gasteiger partial charge in [0.1, 0.15) is 4.88 Å². The van der Waals surface area contributed by atoms with Crippen LogP contribution in [-0.2, 0) is 6.54 Å². The molecule has 0 aliphatic heterocycles. The number of halogens is 1. The van der Waals surface area contributed by atoms with Gasteiger partial charge in [-0.15, -0.1) is 21.5 Å². The maximum atomic E-state index is 5.55. The summed E-state index contributed by atoms with van der Waals surface area (Å²) in [5, 5.41) is 13.2. The van der Waals surface area contributed by atoms with Gasteiger partial charge in [0, 0.05) is 10.5 Å². The Kier molecular flexibility index (Phi) is 3.73. The third-order valence-corrected chi connectivity index (χ3v) is 3.77.